The van der Waals surface area contributed by atoms with Gasteiger partial charge in [-0.2, -0.15) is 5.26 Å². The van der Waals surface area contributed by atoms with E-state index < -0.39 is 5.54 Å². The van der Waals surface area contributed by atoms with E-state index in [9.17, 15) is 5.26 Å². The summed E-state index contributed by atoms with van der Waals surface area (Å²) in [6, 6.07) is 10.7. The van der Waals surface area contributed by atoms with Gasteiger partial charge in [-0.1, -0.05) is 31.2 Å². The summed E-state index contributed by atoms with van der Waals surface area (Å²) >= 11 is 0. The third kappa shape index (κ3) is 1.64. The summed E-state index contributed by atoms with van der Waals surface area (Å²) in [7, 11) is 0. The van der Waals surface area contributed by atoms with Gasteiger partial charge in [0.15, 0.2) is 0 Å². The number of benzene rings is 1. The van der Waals surface area contributed by atoms with E-state index in [1.165, 1.54) is 11.1 Å². The van der Waals surface area contributed by atoms with E-state index in [-0.39, 0.29) is 0 Å². The highest BCUT2D eigenvalue weighted by Gasteiger charge is 2.37. The highest BCUT2D eigenvalue weighted by Crippen LogP contribution is 2.36. The summed E-state index contributed by atoms with van der Waals surface area (Å²) in [5.74, 6) is 0. The van der Waals surface area contributed by atoms with Crippen molar-refractivity contribution in [2.45, 2.75) is 31.7 Å². The van der Waals surface area contributed by atoms with Gasteiger partial charge in [0.2, 0.25) is 0 Å². The zero-order valence-electron chi connectivity index (χ0n) is 9.09. The first kappa shape index (κ1) is 10.2. The highest BCUT2D eigenvalue weighted by atomic mass is 15.0. The van der Waals surface area contributed by atoms with E-state index in [2.05, 4.69) is 30.4 Å². The van der Waals surface area contributed by atoms with Crippen molar-refractivity contribution in [3.05, 3.63) is 35.4 Å². The number of hydrogen-bond donors (Lipinski definition) is 1. The summed E-state index contributed by atoms with van der Waals surface area (Å²) < 4.78 is 0. The van der Waals surface area contributed by atoms with Gasteiger partial charge >= 0.3 is 0 Å². The normalized spacial score (nSPS) is 23.5. The number of nitrogens with one attached hydrogen (secondary N) is 1. The molecule has 0 aromatic heterocycles. The maximum Gasteiger partial charge on any atom is 0.132 e. The molecule has 2 heteroatoms. The van der Waals surface area contributed by atoms with Crippen LogP contribution in [0.2, 0.25) is 0 Å². The second-order valence-corrected chi connectivity index (χ2v) is 4.10. The standard InChI is InChI=1S/C13H16N2/c1-2-9-15-13(10-14)8-7-11-5-3-4-6-12(11)13/h3-6,15H,2,7-9H2,1H3. The molecular weight excluding hydrogens is 184 g/mol. The molecule has 1 aromatic rings. The van der Waals surface area contributed by atoms with Crippen molar-refractivity contribution in [1.29, 1.82) is 5.26 Å². The molecule has 78 valence electrons. The average molecular weight is 200 g/mol. The first-order valence-electron chi connectivity index (χ1n) is 5.57. The maximum absolute atomic E-state index is 9.38. The van der Waals surface area contributed by atoms with Crippen LogP contribution in [0.4, 0.5) is 0 Å². The van der Waals surface area contributed by atoms with Gasteiger partial charge in [0, 0.05) is 0 Å². The van der Waals surface area contributed by atoms with E-state index in [0.717, 1.165) is 25.8 Å². The quantitative estimate of drug-likeness (QED) is 0.813. The molecule has 1 aliphatic rings. The third-order valence-electron chi connectivity index (χ3n) is 3.11. The van der Waals surface area contributed by atoms with Crippen molar-refractivity contribution in [1.82, 2.24) is 5.32 Å². The minimum atomic E-state index is -0.424. The summed E-state index contributed by atoms with van der Waals surface area (Å²) in [6.45, 7) is 3.03. The second-order valence-electron chi connectivity index (χ2n) is 4.10. The maximum atomic E-state index is 9.38. The Bertz CT molecular complexity index is 392. The van der Waals surface area contributed by atoms with Gasteiger partial charge in [-0.05, 0) is 36.9 Å². The fourth-order valence-corrected chi connectivity index (χ4v) is 2.29. The molecule has 1 atom stereocenters. The number of fused-ring (bicyclic) bond motifs is 1. The van der Waals surface area contributed by atoms with Crippen molar-refractivity contribution in [2.75, 3.05) is 6.54 Å². The van der Waals surface area contributed by atoms with Crippen LogP contribution in [-0.4, -0.2) is 6.54 Å². The minimum absolute atomic E-state index is 0.424. The summed E-state index contributed by atoms with van der Waals surface area (Å²) in [5.41, 5.74) is 2.08. The van der Waals surface area contributed by atoms with Gasteiger partial charge in [-0.15, -0.1) is 0 Å². The predicted molar refractivity (Wildman–Crippen MR) is 60.3 cm³/mol. The third-order valence-corrected chi connectivity index (χ3v) is 3.11. The number of nitriles is 1. The van der Waals surface area contributed by atoms with Gasteiger partial charge in [-0.3, -0.25) is 5.32 Å². The molecule has 0 aliphatic heterocycles. The zero-order chi connectivity index (χ0) is 10.7. The molecule has 0 bridgehead atoms. The first-order valence-corrected chi connectivity index (χ1v) is 5.57. The lowest BCUT2D eigenvalue weighted by Gasteiger charge is -2.23. The topological polar surface area (TPSA) is 35.8 Å². The van der Waals surface area contributed by atoms with Gasteiger partial charge < -0.3 is 0 Å². The number of nitrogens with zero attached hydrogens (tertiary/aromatic N) is 1. The van der Waals surface area contributed by atoms with Crippen molar-refractivity contribution in [2.24, 2.45) is 0 Å². The largest absolute Gasteiger partial charge is 0.296 e. The Morgan fingerprint density at radius 2 is 2.27 bits per heavy atom. The lowest BCUT2D eigenvalue weighted by molar-refractivity contribution is 0.425. The van der Waals surface area contributed by atoms with Crippen LogP contribution in [0.15, 0.2) is 24.3 Å². The molecule has 2 rings (SSSR count). The Balaban J connectivity index is 2.34. The van der Waals surface area contributed by atoms with Crippen molar-refractivity contribution in [3.63, 3.8) is 0 Å². The Labute approximate surface area is 90.9 Å². The molecule has 0 fully saturated rings. The van der Waals surface area contributed by atoms with E-state index in [4.69, 9.17) is 0 Å². The molecule has 0 heterocycles. The molecule has 0 amide bonds. The lowest BCUT2D eigenvalue weighted by Crippen LogP contribution is -2.39. The van der Waals surface area contributed by atoms with Crippen molar-refractivity contribution in [3.8, 4) is 6.07 Å². The van der Waals surface area contributed by atoms with Crippen molar-refractivity contribution < 1.29 is 0 Å². The Kier molecular flexibility index (Phi) is 2.75. The molecule has 0 spiro atoms. The molecule has 0 saturated carbocycles. The Morgan fingerprint density at radius 1 is 1.47 bits per heavy atom. The van der Waals surface area contributed by atoms with E-state index in [1.54, 1.807) is 0 Å². The Hall–Kier alpha value is -1.33. The lowest BCUT2D eigenvalue weighted by atomic mass is 9.93. The van der Waals surface area contributed by atoms with Crippen LogP contribution < -0.4 is 5.32 Å². The molecule has 1 unspecified atom stereocenters. The number of aryl methyl sites for hydroxylation is 1. The molecule has 0 saturated heterocycles. The Morgan fingerprint density at radius 3 is 3.00 bits per heavy atom. The molecular formula is C13H16N2. The molecule has 15 heavy (non-hydrogen) atoms. The van der Waals surface area contributed by atoms with Gasteiger partial charge in [-0.25, -0.2) is 0 Å². The molecule has 1 aliphatic carbocycles. The number of rotatable bonds is 3. The summed E-state index contributed by atoms with van der Waals surface area (Å²) in [6.07, 6.45) is 2.98. The smallest absolute Gasteiger partial charge is 0.132 e. The second kappa shape index (κ2) is 4.04. The van der Waals surface area contributed by atoms with Crippen LogP contribution in [0, 0.1) is 11.3 Å². The number of hydrogen-bond acceptors (Lipinski definition) is 2. The van der Waals surface area contributed by atoms with Crippen LogP contribution in [0.3, 0.4) is 0 Å². The monoisotopic (exact) mass is 200 g/mol. The van der Waals surface area contributed by atoms with Crippen LogP contribution >= 0.6 is 0 Å². The summed E-state index contributed by atoms with van der Waals surface area (Å²) in [5, 5.41) is 12.8. The SMILES string of the molecule is CCCNC1(C#N)CCc2ccccc21. The van der Waals surface area contributed by atoms with Crippen molar-refractivity contribution >= 4 is 0 Å². The molecule has 1 aromatic carbocycles. The van der Waals surface area contributed by atoms with Gasteiger partial charge in [0.1, 0.15) is 5.54 Å². The first-order chi connectivity index (χ1) is 7.32. The zero-order valence-corrected chi connectivity index (χ0v) is 9.09. The van der Waals surface area contributed by atoms with Crippen LogP contribution in [0.25, 0.3) is 0 Å². The van der Waals surface area contributed by atoms with Crippen LogP contribution in [0.1, 0.15) is 30.9 Å². The van der Waals surface area contributed by atoms with Gasteiger partial charge in [0.25, 0.3) is 0 Å². The average Bonchev–Trinajstić information content (AvgIpc) is 2.66. The summed E-state index contributed by atoms with van der Waals surface area (Å²) in [4.78, 5) is 0. The molecule has 2 nitrogen and oxygen atoms in total. The highest BCUT2D eigenvalue weighted by molar-refractivity contribution is 5.43. The van der Waals surface area contributed by atoms with Crippen LogP contribution in [0.5, 0.6) is 0 Å². The van der Waals surface area contributed by atoms with Gasteiger partial charge in [0.05, 0.1) is 6.07 Å². The fraction of sp³-hybridized carbons (Fsp3) is 0.462. The van der Waals surface area contributed by atoms with E-state index in [0.29, 0.717) is 0 Å². The molecule has 1 N–H and O–H groups in total. The predicted octanol–water partition coefficient (Wildman–Crippen LogP) is 2.35. The molecule has 0 radical (unpaired) electrons. The van der Waals surface area contributed by atoms with Crippen LogP contribution in [-0.2, 0) is 12.0 Å². The van der Waals surface area contributed by atoms with E-state index in [1.807, 2.05) is 12.1 Å². The van der Waals surface area contributed by atoms with E-state index >= 15 is 0 Å². The minimum Gasteiger partial charge on any atom is -0.296 e. The fourth-order valence-electron chi connectivity index (χ4n) is 2.29.